The minimum absolute atomic E-state index is 0.0427. The maximum Gasteiger partial charge on any atom is 0.296 e. The molecule has 0 saturated carbocycles. The van der Waals surface area contributed by atoms with Crippen LogP contribution in [0.1, 0.15) is 20.7 Å². The molecule has 0 bridgehead atoms. The lowest BCUT2D eigenvalue weighted by atomic mass is 9.92. The van der Waals surface area contributed by atoms with E-state index in [0.29, 0.717) is 5.69 Å². The summed E-state index contributed by atoms with van der Waals surface area (Å²) in [5.74, 6) is -1.29. The third-order valence-corrected chi connectivity index (χ3v) is 5.35. The van der Waals surface area contributed by atoms with Crippen molar-refractivity contribution in [3.05, 3.63) is 59.7 Å². The highest BCUT2D eigenvalue weighted by atomic mass is 32.2. The second-order valence-corrected chi connectivity index (χ2v) is 7.47. The van der Waals surface area contributed by atoms with Crippen LogP contribution in [-0.2, 0) is 10.1 Å². The van der Waals surface area contributed by atoms with Crippen LogP contribution < -0.4 is 16.4 Å². The number of carbonyl (C=O) groups excluding carboxylic acids is 2. The summed E-state index contributed by atoms with van der Waals surface area (Å²) >= 11 is 0. The van der Waals surface area contributed by atoms with Crippen LogP contribution in [0.25, 0.3) is 10.8 Å². The fourth-order valence-corrected chi connectivity index (χ4v) is 3.89. The first kappa shape index (κ1) is 17.0. The van der Waals surface area contributed by atoms with Crippen molar-refractivity contribution in [2.45, 2.75) is 4.90 Å². The monoisotopic (exact) mass is 383 g/mol. The Hall–Kier alpha value is -3.43. The molecule has 1 heterocycles. The fourth-order valence-electron chi connectivity index (χ4n) is 3.23. The van der Waals surface area contributed by atoms with Crippen LogP contribution in [0.5, 0.6) is 0 Å². The lowest BCUT2D eigenvalue weighted by Crippen LogP contribution is -2.40. The molecule has 0 spiro atoms. The highest BCUT2D eigenvalue weighted by Crippen LogP contribution is 2.38. The van der Waals surface area contributed by atoms with E-state index in [1.54, 1.807) is 12.1 Å². The number of amides is 2. The average Bonchev–Trinajstić information content (AvgIpc) is 2.61. The van der Waals surface area contributed by atoms with Crippen LogP contribution in [0, 0.1) is 0 Å². The van der Waals surface area contributed by atoms with Gasteiger partial charge in [0.2, 0.25) is 0 Å². The second kappa shape index (κ2) is 5.53. The zero-order valence-electron chi connectivity index (χ0n) is 13.7. The Morgan fingerprint density at radius 2 is 1.52 bits per heavy atom. The molecular formula is C18H13N3O5S. The molecule has 0 saturated heterocycles. The standard InChI is InChI=1S/C18H13N3O5S/c19-9-4-6-10(7-5-9)21-17(22)12-3-1-2-11-15(12)13(18(21)23)8-14(16(11)20)27(24,25)26/h1-8H,19-20H2,(H,24,25,26). The summed E-state index contributed by atoms with van der Waals surface area (Å²) < 4.78 is 32.9. The molecule has 27 heavy (non-hydrogen) atoms. The number of nitrogens with two attached hydrogens (primary N) is 2. The van der Waals surface area contributed by atoms with Gasteiger partial charge in [-0.1, -0.05) is 12.1 Å². The SMILES string of the molecule is Nc1ccc(N2C(=O)c3cccc4c(N)c(S(=O)(=O)O)cc(c34)C2=O)cc1. The fraction of sp³-hybridized carbons (Fsp3) is 0. The number of hydrogen-bond acceptors (Lipinski definition) is 6. The molecule has 1 aliphatic heterocycles. The highest BCUT2D eigenvalue weighted by molar-refractivity contribution is 7.86. The van der Waals surface area contributed by atoms with E-state index in [1.807, 2.05) is 0 Å². The van der Waals surface area contributed by atoms with Gasteiger partial charge in [-0.25, -0.2) is 4.90 Å². The van der Waals surface area contributed by atoms with Crippen LogP contribution in [0.3, 0.4) is 0 Å². The van der Waals surface area contributed by atoms with Gasteiger partial charge in [-0.2, -0.15) is 8.42 Å². The molecular weight excluding hydrogens is 370 g/mol. The molecule has 0 radical (unpaired) electrons. The summed E-state index contributed by atoms with van der Waals surface area (Å²) in [5, 5.41) is 0.459. The van der Waals surface area contributed by atoms with Gasteiger partial charge in [0.05, 0.1) is 16.9 Å². The summed E-state index contributed by atoms with van der Waals surface area (Å²) in [4.78, 5) is 26.4. The first-order valence-electron chi connectivity index (χ1n) is 7.77. The smallest absolute Gasteiger partial charge is 0.296 e. The van der Waals surface area contributed by atoms with E-state index in [4.69, 9.17) is 11.5 Å². The van der Waals surface area contributed by atoms with Crippen LogP contribution in [0.15, 0.2) is 53.4 Å². The first-order valence-corrected chi connectivity index (χ1v) is 9.21. The van der Waals surface area contributed by atoms with Crippen molar-refractivity contribution < 1.29 is 22.6 Å². The molecule has 1 aliphatic rings. The van der Waals surface area contributed by atoms with E-state index in [2.05, 4.69) is 0 Å². The molecule has 8 nitrogen and oxygen atoms in total. The zero-order valence-corrected chi connectivity index (χ0v) is 14.5. The van der Waals surface area contributed by atoms with Gasteiger partial charge < -0.3 is 11.5 Å². The summed E-state index contributed by atoms with van der Waals surface area (Å²) in [7, 11) is -4.67. The highest BCUT2D eigenvalue weighted by Gasteiger charge is 2.36. The van der Waals surface area contributed by atoms with Gasteiger partial charge in [0.15, 0.2) is 0 Å². The van der Waals surface area contributed by atoms with E-state index < -0.39 is 26.8 Å². The maximum atomic E-state index is 13.0. The van der Waals surface area contributed by atoms with E-state index in [0.717, 1.165) is 11.0 Å². The average molecular weight is 383 g/mol. The van der Waals surface area contributed by atoms with E-state index in [1.165, 1.54) is 30.3 Å². The third kappa shape index (κ3) is 2.44. The minimum Gasteiger partial charge on any atom is -0.399 e. The molecule has 4 rings (SSSR count). The summed E-state index contributed by atoms with van der Waals surface area (Å²) in [6, 6.07) is 11.6. The van der Waals surface area contributed by atoms with E-state index in [-0.39, 0.29) is 33.3 Å². The van der Waals surface area contributed by atoms with Crippen molar-refractivity contribution >= 4 is 49.8 Å². The van der Waals surface area contributed by atoms with Gasteiger partial charge >= 0.3 is 0 Å². The Kier molecular flexibility index (Phi) is 3.48. The van der Waals surface area contributed by atoms with E-state index in [9.17, 15) is 22.6 Å². The second-order valence-electron chi connectivity index (χ2n) is 6.08. The van der Waals surface area contributed by atoms with Gasteiger partial charge in [-0.05, 0) is 36.4 Å². The van der Waals surface area contributed by atoms with Gasteiger partial charge in [-0.15, -0.1) is 0 Å². The molecule has 136 valence electrons. The van der Waals surface area contributed by atoms with Crippen molar-refractivity contribution in [1.82, 2.24) is 0 Å². The molecule has 3 aromatic rings. The number of rotatable bonds is 2. The largest absolute Gasteiger partial charge is 0.399 e. The summed E-state index contributed by atoms with van der Waals surface area (Å²) in [6.07, 6.45) is 0. The Bertz CT molecular complexity index is 1250. The van der Waals surface area contributed by atoms with Crippen molar-refractivity contribution in [2.75, 3.05) is 16.4 Å². The lowest BCUT2D eigenvalue weighted by Gasteiger charge is -2.28. The predicted molar refractivity (Wildman–Crippen MR) is 100 cm³/mol. The quantitative estimate of drug-likeness (QED) is 0.349. The summed E-state index contributed by atoms with van der Waals surface area (Å²) in [5.41, 5.74) is 12.2. The maximum absolute atomic E-state index is 13.0. The molecule has 3 aromatic carbocycles. The molecule has 0 atom stereocenters. The van der Waals surface area contributed by atoms with Gasteiger partial charge in [0.25, 0.3) is 21.9 Å². The van der Waals surface area contributed by atoms with Gasteiger partial charge in [-0.3, -0.25) is 14.1 Å². The topological polar surface area (TPSA) is 144 Å². The number of nitrogen functional groups attached to an aromatic ring is 2. The number of hydrogen-bond donors (Lipinski definition) is 3. The van der Waals surface area contributed by atoms with Crippen LogP contribution in [-0.4, -0.2) is 24.8 Å². The minimum atomic E-state index is -4.67. The number of anilines is 3. The molecule has 0 aliphatic carbocycles. The molecule has 0 unspecified atom stereocenters. The van der Waals surface area contributed by atoms with Crippen LogP contribution in [0.4, 0.5) is 17.1 Å². The molecule has 2 amide bonds. The van der Waals surface area contributed by atoms with Crippen molar-refractivity contribution in [1.29, 1.82) is 0 Å². The molecule has 0 aromatic heterocycles. The van der Waals surface area contributed by atoms with E-state index >= 15 is 0 Å². The van der Waals surface area contributed by atoms with Crippen molar-refractivity contribution in [3.8, 4) is 0 Å². The molecule has 9 heteroatoms. The molecule has 5 N–H and O–H groups in total. The predicted octanol–water partition coefficient (Wildman–Crippen LogP) is 2.05. The Labute approximate surface area is 153 Å². The van der Waals surface area contributed by atoms with Crippen molar-refractivity contribution in [2.24, 2.45) is 0 Å². The Balaban J connectivity index is 2.06. The summed E-state index contributed by atoms with van der Waals surface area (Å²) in [6.45, 7) is 0. The number of carbonyl (C=O) groups is 2. The normalized spacial score (nSPS) is 14.0. The van der Waals surface area contributed by atoms with Crippen LogP contribution >= 0.6 is 0 Å². The Morgan fingerprint density at radius 1 is 0.889 bits per heavy atom. The van der Waals surface area contributed by atoms with Crippen molar-refractivity contribution in [3.63, 3.8) is 0 Å². The van der Waals surface area contributed by atoms with Gasteiger partial charge in [0.1, 0.15) is 4.90 Å². The molecule has 0 fully saturated rings. The first-order chi connectivity index (χ1) is 12.7. The number of nitrogens with zero attached hydrogens (tertiary/aromatic N) is 1. The number of imide groups is 1. The zero-order chi connectivity index (χ0) is 19.5. The lowest BCUT2D eigenvalue weighted by molar-refractivity contribution is 0.0893. The van der Waals surface area contributed by atoms with Gasteiger partial charge in [0, 0.05) is 22.0 Å². The Morgan fingerprint density at radius 3 is 2.15 bits per heavy atom. The third-order valence-electron chi connectivity index (χ3n) is 4.46. The number of benzene rings is 3. The van der Waals surface area contributed by atoms with Crippen LogP contribution in [0.2, 0.25) is 0 Å².